The summed E-state index contributed by atoms with van der Waals surface area (Å²) in [6.07, 6.45) is 2.68. The van der Waals surface area contributed by atoms with Crippen molar-refractivity contribution in [1.29, 1.82) is 0 Å². The first kappa shape index (κ1) is 24.9. The van der Waals surface area contributed by atoms with Gasteiger partial charge in [-0.2, -0.15) is 0 Å². The molecule has 2 aromatic rings. The third kappa shape index (κ3) is 7.72. The number of anilines is 2. The smallest absolute Gasteiger partial charge is 0.253 e. The molecule has 0 spiro atoms. The Bertz CT molecular complexity index is 890. The Morgan fingerprint density at radius 1 is 0.812 bits per heavy atom. The van der Waals surface area contributed by atoms with Gasteiger partial charge in [0.2, 0.25) is 5.91 Å². The second-order valence-corrected chi connectivity index (χ2v) is 7.61. The largest absolute Gasteiger partial charge is 0.376 e. The van der Waals surface area contributed by atoms with Crippen LogP contribution in [0.15, 0.2) is 48.5 Å². The highest BCUT2D eigenvalue weighted by Crippen LogP contribution is 2.14. The second-order valence-electron chi connectivity index (χ2n) is 7.61. The number of nitrogens with zero attached hydrogens (tertiary/aromatic N) is 1. The van der Waals surface area contributed by atoms with Crippen LogP contribution in [0.4, 0.5) is 11.4 Å². The fourth-order valence-corrected chi connectivity index (χ4v) is 3.23. The number of hydrogen-bond donors (Lipinski definition) is 3. The van der Waals surface area contributed by atoms with Gasteiger partial charge < -0.3 is 20.9 Å². The molecule has 0 atom stereocenters. The average Bonchev–Trinajstić information content (AvgIpc) is 2.81. The van der Waals surface area contributed by atoms with E-state index in [2.05, 4.69) is 16.0 Å². The summed E-state index contributed by atoms with van der Waals surface area (Å²) in [5.74, 6) is -0.355. The minimum atomic E-state index is -0.224. The van der Waals surface area contributed by atoms with E-state index in [1.807, 2.05) is 25.7 Å². The molecule has 0 radical (unpaired) electrons. The quantitative estimate of drug-likeness (QED) is 0.465. The molecule has 2 aromatic carbocycles. The van der Waals surface area contributed by atoms with Gasteiger partial charge in [-0.05, 0) is 61.7 Å². The van der Waals surface area contributed by atoms with Crippen molar-refractivity contribution in [2.75, 3.05) is 36.8 Å². The Morgan fingerprint density at radius 3 is 2.12 bits per heavy atom. The van der Waals surface area contributed by atoms with Gasteiger partial charge >= 0.3 is 0 Å². The summed E-state index contributed by atoms with van der Waals surface area (Å²) in [6.45, 7) is 8.24. The lowest BCUT2D eigenvalue weighted by molar-refractivity contribution is -0.114. The summed E-state index contributed by atoms with van der Waals surface area (Å²) in [6, 6.07) is 14.0. The molecule has 7 heteroatoms. The zero-order chi connectivity index (χ0) is 23.3. The van der Waals surface area contributed by atoms with E-state index in [1.54, 1.807) is 48.5 Å². The van der Waals surface area contributed by atoms with Gasteiger partial charge in [0, 0.05) is 42.1 Å². The molecule has 7 nitrogen and oxygen atoms in total. The number of carbonyl (C=O) groups is 3. The molecule has 2 rings (SSSR count). The number of rotatable bonds is 12. The van der Waals surface area contributed by atoms with Crippen LogP contribution in [0.3, 0.4) is 0 Å². The van der Waals surface area contributed by atoms with Gasteiger partial charge in [-0.25, -0.2) is 0 Å². The fraction of sp³-hybridized carbons (Fsp3) is 0.400. The molecule has 0 saturated heterocycles. The van der Waals surface area contributed by atoms with Crippen molar-refractivity contribution in [3.05, 3.63) is 59.7 Å². The standard InChI is InChI=1S/C25H34N4O3/c1-4-14-26-24(31)19-10-12-21(13-11-19)27-18-23(30)28-22-9-7-8-20(17-22)25(32)29(15-5-2)16-6-3/h7-13,17,27H,4-6,14-16,18H2,1-3H3,(H,26,31)(H,28,30). The number of benzene rings is 2. The maximum atomic E-state index is 12.8. The maximum absolute atomic E-state index is 12.8. The molecule has 0 saturated carbocycles. The van der Waals surface area contributed by atoms with Crippen LogP contribution in [-0.2, 0) is 4.79 Å². The van der Waals surface area contributed by atoms with Crippen LogP contribution >= 0.6 is 0 Å². The van der Waals surface area contributed by atoms with Gasteiger partial charge in [-0.1, -0.05) is 26.8 Å². The third-order valence-corrected chi connectivity index (χ3v) is 4.80. The molecule has 0 aliphatic heterocycles. The summed E-state index contributed by atoms with van der Waals surface area (Å²) < 4.78 is 0. The molecule has 172 valence electrons. The van der Waals surface area contributed by atoms with Crippen LogP contribution in [0, 0.1) is 0 Å². The summed E-state index contributed by atoms with van der Waals surface area (Å²) in [5.41, 5.74) is 2.47. The van der Waals surface area contributed by atoms with Crippen LogP contribution < -0.4 is 16.0 Å². The zero-order valence-corrected chi connectivity index (χ0v) is 19.2. The van der Waals surface area contributed by atoms with Crippen molar-refractivity contribution >= 4 is 29.1 Å². The number of carbonyl (C=O) groups excluding carboxylic acids is 3. The molecule has 0 fully saturated rings. The van der Waals surface area contributed by atoms with Gasteiger partial charge in [0.25, 0.3) is 11.8 Å². The molecule has 3 N–H and O–H groups in total. The van der Waals surface area contributed by atoms with Crippen molar-refractivity contribution in [1.82, 2.24) is 10.2 Å². The number of nitrogens with one attached hydrogen (secondary N) is 3. The molecule has 0 aromatic heterocycles. The van der Waals surface area contributed by atoms with Gasteiger partial charge in [-0.3, -0.25) is 14.4 Å². The summed E-state index contributed by atoms with van der Waals surface area (Å²) in [7, 11) is 0. The SMILES string of the molecule is CCCNC(=O)c1ccc(NCC(=O)Nc2cccc(C(=O)N(CCC)CCC)c2)cc1. The predicted molar refractivity (Wildman–Crippen MR) is 129 cm³/mol. The Labute approximate surface area is 190 Å². The van der Waals surface area contributed by atoms with Crippen LogP contribution in [0.5, 0.6) is 0 Å². The van der Waals surface area contributed by atoms with Crippen molar-refractivity contribution in [2.24, 2.45) is 0 Å². The van der Waals surface area contributed by atoms with E-state index in [0.717, 1.165) is 24.9 Å². The Hall–Kier alpha value is -3.35. The molecule has 0 aliphatic carbocycles. The highest BCUT2D eigenvalue weighted by molar-refractivity contribution is 5.98. The van der Waals surface area contributed by atoms with Crippen LogP contribution in [0.1, 0.15) is 60.7 Å². The van der Waals surface area contributed by atoms with Crippen molar-refractivity contribution in [2.45, 2.75) is 40.0 Å². The van der Waals surface area contributed by atoms with E-state index in [4.69, 9.17) is 0 Å². The van der Waals surface area contributed by atoms with Gasteiger partial charge in [-0.15, -0.1) is 0 Å². The topological polar surface area (TPSA) is 90.5 Å². The highest BCUT2D eigenvalue weighted by Gasteiger charge is 2.15. The van der Waals surface area contributed by atoms with Gasteiger partial charge in [0.1, 0.15) is 0 Å². The maximum Gasteiger partial charge on any atom is 0.253 e. The van der Waals surface area contributed by atoms with E-state index < -0.39 is 0 Å². The van der Waals surface area contributed by atoms with Crippen molar-refractivity contribution in [3.8, 4) is 0 Å². The van der Waals surface area contributed by atoms with E-state index in [1.165, 1.54) is 0 Å². The Kier molecular flexibility index (Phi) is 10.2. The monoisotopic (exact) mass is 438 g/mol. The van der Waals surface area contributed by atoms with Gasteiger partial charge in [0.05, 0.1) is 6.54 Å². The molecular weight excluding hydrogens is 404 g/mol. The fourth-order valence-electron chi connectivity index (χ4n) is 3.23. The number of hydrogen-bond acceptors (Lipinski definition) is 4. The van der Waals surface area contributed by atoms with E-state index in [0.29, 0.717) is 36.4 Å². The van der Waals surface area contributed by atoms with Gasteiger partial charge in [0.15, 0.2) is 0 Å². The van der Waals surface area contributed by atoms with Crippen LogP contribution in [0.2, 0.25) is 0 Å². The van der Waals surface area contributed by atoms with Crippen molar-refractivity contribution in [3.63, 3.8) is 0 Å². The first-order chi connectivity index (χ1) is 15.5. The molecule has 3 amide bonds. The molecule has 0 bridgehead atoms. The summed E-state index contributed by atoms with van der Waals surface area (Å²) in [5, 5.41) is 8.70. The molecular formula is C25H34N4O3. The minimum Gasteiger partial charge on any atom is -0.376 e. The van der Waals surface area contributed by atoms with Crippen LogP contribution in [0.25, 0.3) is 0 Å². The minimum absolute atomic E-state index is 0.0222. The Morgan fingerprint density at radius 2 is 1.50 bits per heavy atom. The lowest BCUT2D eigenvalue weighted by atomic mass is 10.1. The second kappa shape index (κ2) is 13.1. The summed E-state index contributed by atoms with van der Waals surface area (Å²) >= 11 is 0. The zero-order valence-electron chi connectivity index (χ0n) is 19.2. The first-order valence-corrected chi connectivity index (χ1v) is 11.3. The first-order valence-electron chi connectivity index (χ1n) is 11.3. The predicted octanol–water partition coefficient (Wildman–Crippen LogP) is 4.14. The number of amides is 3. The Balaban J connectivity index is 1.91. The summed E-state index contributed by atoms with van der Waals surface area (Å²) in [4.78, 5) is 38.9. The van der Waals surface area contributed by atoms with Crippen molar-refractivity contribution < 1.29 is 14.4 Å². The van der Waals surface area contributed by atoms with E-state index in [9.17, 15) is 14.4 Å². The normalized spacial score (nSPS) is 10.3. The van der Waals surface area contributed by atoms with E-state index >= 15 is 0 Å². The molecule has 0 heterocycles. The highest BCUT2D eigenvalue weighted by atomic mass is 16.2. The van der Waals surface area contributed by atoms with E-state index in [-0.39, 0.29) is 24.3 Å². The van der Waals surface area contributed by atoms with Crippen LogP contribution in [-0.4, -0.2) is 48.8 Å². The molecule has 0 unspecified atom stereocenters. The lowest BCUT2D eigenvalue weighted by Gasteiger charge is -2.21. The molecule has 32 heavy (non-hydrogen) atoms. The molecule has 0 aliphatic rings. The average molecular weight is 439 g/mol. The third-order valence-electron chi connectivity index (χ3n) is 4.80. The lowest BCUT2D eigenvalue weighted by Crippen LogP contribution is -2.32.